The van der Waals surface area contributed by atoms with E-state index in [2.05, 4.69) is 30.5 Å². The molecule has 1 amide bonds. The topological polar surface area (TPSA) is 106 Å². The van der Waals surface area contributed by atoms with Gasteiger partial charge in [0, 0.05) is 35.1 Å². The summed E-state index contributed by atoms with van der Waals surface area (Å²) in [5, 5.41) is 10.1. The van der Waals surface area contributed by atoms with Gasteiger partial charge < -0.3 is 14.3 Å². The second-order valence-electron chi connectivity index (χ2n) is 8.25. The number of aromatic nitrogens is 7. The summed E-state index contributed by atoms with van der Waals surface area (Å²) < 4.78 is 32.1. The van der Waals surface area contributed by atoms with Crippen molar-refractivity contribution in [3.8, 4) is 11.3 Å². The quantitative estimate of drug-likeness (QED) is 0.395. The first kappa shape index (κ1) is 20.7. The average Bonchev–Trinajstić information content (AvgIpc) is 3.16. The predicted octanol–water partition coefficient (Wildman–Crippen LogP) is 3.91. The molecular weight excluding hydrogens is 466 g/mol. The molecule has 0 saturated heterocycles. The Labute approximate surface area is 195 Å². The maximum Gasteiger partial charge on any atom is 0.231 e. The van der Waals surface area contributed by atoms with Gasteiger partial charge in [-0.3, -0.25) is 14.9 Å². The molecule has 12 heteroatoms. The highest BCUT2D eigenvalue weighted by atomic mass is 35.5. The monoisotopic (exact) mass is 482 g/mol. The van der Waals surface area contributed by atoms with E-state index in [1.54, 1.807) is 35.4 Å². The molecule has 1 saturated carbocycles. The number of aromatic amines is 1. The molecule has 2 atom stereocenters. The van der Waals surface area contributed by atoms with Crippen LogP contribution < -0.4 is 5.32 Å². The van der Waals surface area contributed by atoms with Crippen LogP contribution in [0.1, 0.15) is 17.8 Å². The highest BCUT2D eigenvalue weighted by molar-refractivity contribution is 6.35. The molecule has 0 aliphatic heterocycles. The van der Waals surface area contributed by atoms with Gasteiger partial charge in [0.25, 0.3) is 0 Å². The number of benzene rings is 1. The van der Waals surface area contributed by atoms with Crippen LogP contribution in [0.4, 0.5) is 14.6 Å². The molecule has 1 aliphatic carbocycles. The number of rotatable bonds is 5. The molecule has 0 bridgehead atoms. The Bertz CT molecular complexity index is 1590. The third-order valence-electron chi connectivity index (χ3n) is 6.04. The van der Waals surface area contributed by atoms with E-state index in [-0.39, 0.29) is 23.8 Å². The zero-order valence-corrected chi connectivity index (χ0v) is 18.5. The van der Waals surface area contributed by atoms with E-state index < -0.39 is 23.8 Å². The summed E-state index contributed by atoms with van der Waals surface area (Å²) in [5.41, 5.74) is 2.11. The van der Waals surface area contributed by atoms with Crippen molar-refractivity contribution in [1.82, 2.24) is 34.1 Å². The number of nitrogens with one attached hydrogen (secondary N) is 2. The van der Waals surface area contributed by atoms with Gasteiger partial charge in [0.1, 0.15) is 17.8 Å². The van der Waals surface area contributed by atoms with Crippen molar-refractivity contribution in [1.29, 1.82) is 0 Å². The minimum Gasteiger partial charge on any atom is -0.331 e. The molecule has 0 radical (unpaired) electrons. The number of hydrogen-bond acceptors (Lipinski definition) is 5. The molecule has 1 aliphatic rings. The summed E-state index contributed by atoms with van der Waals surface area (Å²) in [6.45, 7) is 2.06. The summed E-state index contributed by atoms with van der Waals surface area (Å²) in [7, 11) is 0. The van der Waals surface area contributed by atoms with Crippen LogP contribution in [0, 0.1) is 18.7 Å². The van der Waals surface area contributed by atoms with Crippen molar-refractivity contribution >= 4 is 39.9 Å². The standard InChI is InChI=1S/C22H17ClF2N8O/c1-10-26-2-3-32(10)7-13-20(25)19(23)18(12-5-28-31-21(12)13)15-8-33-9-16(29-17(33)6-27-15)30-22(34)11-4-14(11)24/h2-3,5-6,8-9,11,14H,4,7H2,1H3,(H,28,31)(H,30,34)/t11-,14+/m1/s1. The van der Waals surface area contributed by atoms with Crippen LogP contribution in [0.3, 0.4) is 0 Å². The third kappa shape index (κ3) is 3.31. The lowest BCUT2D eigenvalue weighted by atomic mass is 10.0. The molecule has 172 valence electrons. The Morgan fingerprint density at radius 2 is 2.15 bits per heavy atom. The molecule has 5 aromatic rings. The summed E-state index contributed by atoms with van der Waals surface area (Å²) >= 11 is 6.53. The molecule has 2 N–H and O–H groups in total. The van der Waals surface area contributed by atoms with Crippen molar-refractivity contribution in [2.24, 2.45) is 5.92 Å². The minimum absolute atomic E-state index is 0.0788. The SMILES string of the molecule is Cc1nccn1Cc1c(F)c(Cl)c(-c2cn3cc(NC(=O)[C@@H]4C[C@@H]4F)nc3cn2)c2cn[nH]c12. The molecule has 0 unspecified atom stereocenters. The van der Waals surface area contributed by atoms with Crippen molar-refractivity contribution < 1.29 is 13.6 Å². The van der Waals surface area contributed by atoms with E-state index in [9.17, 15) is 9.18 Å². The average molecular weight is 483 g/mol. The van der Waals surface area contributed by atoms with Crippen LogP contribution in [0.5, 0.6) is 0 Å². The van der Waals surface area contributed by atoms with Gasteiger partial charge >= 0.3 is 0 Å². The first-order chi connectivity index (χ1) is 16.4. The maximum absolute atomic E-state index is 15.5. The molecule has 34 heavy (non-hydrogen) atoms. The van der Waals surface area contributed by atoms with Crippen LogP contribution >= 0.6 is 11.6 Å². The number of amides is 1. The lowest BCUT2D eigenvalue weighted by Gasteiger charge is -2.13. The second-order valence-corrected chi connectivity index (χ2v) is 8.63. The van der Waals surface area contributed by atoms with Crippen LogP contribution in [0.25, 0.3) is 27.8 Å². The number of H-pyrrole nitrogens is 1. The zero-order valence-electron chi connectivity index (χ0n) is 17.8. The van der Waals surface area contributed by atoms with Gasteiger partial charge in [0.15, 0.2) is 11.5 Å². The molecule has 1 aromatic carbocycles. The van der Waals surface area contributed by atoms with Gasteiger partial charge in [-0.15, -0.1) is 0 Å². The Kier molecular flexibility index (Phi) is 4.63. The summed E-state index contributed by atoms with van der Waals surface area (Å²) in [6.07, 6.45) is 8.83. The summed E-state index contributed by atoms with van der Waals surface area (Å²) in [6, 6.07) is 0. The number of imidazole rings is 2. The van der Waals surface area contributed by atoms with Gasteiger partial charge in [-0.2, -0.15) is 5.10 Å². The van der Waals surface area contributed by atoms with Gasteiger partial charge in [-0.25, -0.2) is 18.7 Å². The van der Waals surface area contributed by atoms with Gasteiger partial charge in [-0.1, -0.05) is 11.6 Å². The van der Waals surface area contributed by atoms with Crippen molar-refractivity contribution in [3.63, 3.8) is 0 Å². The van der Waals surface area contributed by atoms with Gasteiger partial charge in [0.2, 0.25) is 5.91 Å². The van der Waals surface area contributed by atoms with Crippen LogP contribution in [0.2, 0.25) is 5.02 Å². The van der Waals surface area contributed by atoms with Crippen LogP contribution in [-0.4, -0.2) is 46.2 Å². The number of carbonyl (C=O) groups is 1. The first-order valence-corrected chi connectivity index (χ1v) is 10.9. The molecule has 0 spiro atoms. The number of halogens is 3. The lowest BCUT2D eigenvalue weighted by Crippen LogP contribution is -2.15. The fraction of sp³-hybridized carbons (Fsp3) is 0.227. The Hall–Kier alpha value is -3.86. The van der Waals surface area contributed by atoms with E-state index >= 15 is 4.39 Å². The highest BCUT2D eigenvalue weighted by Crippen LogP contribution is 2.39. The maximum atomic E-state index is 15.5. The fourth-order valence-electron chi connectivity index (χ4n) is 4.06. The van der Waals surface area contributed by atoms with Gasteiger partial charge in [-0.05, 0) is 13.3 Å². The van der Waals surface area contributed by atoms with Crippen molar-refractivity contribution in [2.75, 3.05) is 5.32 Å². The first-order valence-electron chi connectivity index (χ1n) is 10.5. The van der Waals surface area contributed by atoms with Crippen molar-refractivity contribution in [3.05, 3.63) is 59.4 Å². The van der Waals surface area contributed by atoms with E-state index in [0.717, 1.165) is 5.82 Å². The number of anilines is 1. The smallest absolute Gasteiger partial charge is 0.231 e. The number of hydrogen-bond donors (Lipinski definition) is 2. The zero-order chi connectivity index (χ0) is 23.6. The van der Waals surface area contributed by atoms with Crippen molar-refractivity contribution in [2.45, 2.75) is 26.1 Å². The fourth-order valence-corrected chi connectivity index (χ4v) is 4.37. The Morgan fingerprint density at radius 1 is 1.32 bits per heavy atom. The minimum atomic E-state index is -1.10. The number of alkyl halides is 1. The predicted molar refractivity (Wildman–Crippen MR) is 121 cm³/mol. The largest absolute Gasteiger partial charge is 0.331 e. The number of nitrogens with zero attached hydrogens (tertiary/aromatic N) is 6. The van der Waals surface area contributed by atoms with Crippen LogP contribution in [0.15, 0.2) is 37.2 Å². The molecule has 6 rings (SSSR count). The second kappa shape index (κ2) is 7.59. The Morgan fingerprint density at radius 3 is 2.88 bits per heavy atom. The number of carbonyl (C=O) groups excluding carboxylic acids is 1. The molecule has 9 nitrogen and oxygen atoms in total. The van der Waals surface area contributed by atoms with E-state index in [1.165, 1.54) is 6.20 Å². The third-order valence-corrected chi connectivity index (χ3v) is 6.39. The number of fused-ring (bicyclic) bond motifs is 2. The molecular formula is C22H17ClF2N8O. The van der Waals surface area contributed by atoms with E-state index in [0.29, 0.717) is 33.4 Å². The molecule has 4 aromatic heterocycles. The summed E-state index contributed by atoms with van der Waals surface area (Å²) in [5.74, 6) is -0.588. The van der Waals surface area contributed by atoms with Gasteiger partial charge in [0.05, 0.1) is 47.3 Å². The number of aryl methyl sites for hydroxylation is 1. The van der Waals surface area contributed by atoms with Crippen LogP contribution in [-0.2, 0) is 11.3 Å². The molecule has 4 heterocycles. The lowest BCUT2D eigenvalue weighted by molar-refractivity contribution is -0.117. The Balaban J connectivity index is 1.41. The highest BCUT2D eigenvalue weighted by Gasteiger charge is 2.43. The van der Waals surface area contributed by atoms with E-state index in [4.69, 9.17) is 11.6 Å². The normalized spacial score (nSPS) is 17.5. The summed E-state index contributed by atoms with van der Waals surface area (Å²) in [4.78, 5) is 24.9. The molecule has 1 fully saturated rings. The van der Waals surface area contributed by atoms with E-state index in [1.807, 2.05) is 11.5 Å².